The highest BCUT2D eigenvalue weighted by Crippen LogP contribution is 2.20. The lowest BCUT2D eigenvalue weighted by Crippen LogP contribution is -2.15. The molecule has 0 radical (unpaired) electrons. The van der Waals surface area contributed by atoms with Crippen molar-refractivity contribution in [3.05, 3.63) is 71.7 Å². The zero-order valence-corrected chi connectivity index (χ0v) is 16.2. The number of amides is 1. The van der Waals surface area contributed by atoms with Gasteiger partial charge in [-0.1, -0.05) is 0 Å². The first kappa shape index (κ1) is 20.2. The van der Waals surface area contributed by atoms with Crippen molar-refractivity contribution >= 4 is 23.1 Å². The Bertz CT molecular complexity index is 1020. The molecule has 0 fully saturated rings. The topological polar surface area (TPSA) is 76.1 Å². The number of carbonyl (C=O) groups is 1. The molecule has 3 rings (SSSR count). The van der Waals surface area contributed by atoms with Crippen LogP contribution in [0.25, 0.3) is 0 Å². The van der Waals surface area contributed by atoms with E-state index >= 15 is 0 Å². The van der Waals surface area contributed by atoms with Crippen molar-refractivity contribution in [2.75, 3.05) is 10.6 Å². The van der Waals surface area contributed by atoms with Crippen LogP contribution in [0, 0.1) is 18.6 Å². The third kappa shape index (κ3) is 5.47. The summed E-state index contributed by atoms with van der Waals surface area (Å²) in [6.45, 7) is 5.49. The van der Waals surface area contributed by atoms with Gasteiger partial charge < -0.3 is 15.4 Å². The fourth-order valence-corrected chi connectivity index (χ4v) is 2.55. The summed E-state index contributed by atoms with van der Waals surface area (Å²) < 4.78 is 32.0. The fraction of sp³-hybridized carbons (Fsp3) is 0.190. The Hall–Kier alpha value is -3.55. The van der Waals surface area contributed by atoms with Crippen molar-refractivity contribution in [1.29, 1.82) is 0 Å². The molecule has 2 N–H and O–H groups in total. The van der Waals surface area contributed by atoms with Crippen molar-refractivity contribution in [2.45, 2.75) is 26.9 Å². The Morgan fingerprint density at radius 2 is 1.66 bits per heavy atom. The van der Waals surface area contributed by atoms with Crippen LogP contribution in [0.3, 0.4) is 0 Å². The van der Waals surface area contributed by atoms with Crippen molar-refractivity contribution in [3.63, 3.8) is 0 Å². The predicted octanol–water partition coefficient (Wildman–Crippen LogP) is 4.85. The normalized spacial score (nSPS) is 10.7. The molecule has 8 heteroatoms. The van der Waals surface area contributed by atoms with E-state index in [4.69, 9.17) is 4.74 Å². The third-order valence-electron chi connectivity index (χ3n) is 3.75. The second-order valence-electron chi connectivity index (χ2n) is 6.58. The summed E-state index contributed by atoms with van der Waals surface area (Å²) in [6.07, 6.45) is 0.0555. The third-order valence-corrected chi connectivity index (χ3v) is 3.75. The van der Waals surface area contributed by atoms with E-state index in [-0.39, 0.29) is 17.6 Å². The van der Waals surface area contributed by atoms with Gasteiger partial charge >= 0.3 is 0 Å². The number of aryl methyl sites for hydroxylation is 1. The molecule has 1 heterocycles. The lowest BCUT2D eigenvalue weighted by molar-refractivity contribution is 0.102. The first-order chi connectivity index (χ1) is 13.8. The van der Waals surface area contributed by atoms with Gasteiger partial charge in [0, 0.05) is 23.5 Å². The SMILES string of the molecule is Cc1nc(Nc2ccc(F)c(F)c2)cc(C(=O)Nc2ccc(OC(C)C)cc2)n1. The molecule has 0 spiro atoms. The van der Waals surface area contributed by atoms with Gasteiger partial charge in [-0.2, -0.15) is 0 Å². The number of nitrogens with zero attached hydrogens (tertiary/aromatic N) is 2. The van der Waals surface area contributed by atoms with E-state index < -0.39 is 17.5 Å². The van der Waals surface area contributed by atoms with E-state index in [1.807, 2.05) is 13.8 Å². The van der Waals surface area contributed by atoms with E-state index in [0.717, 1.165) is 12.1 Å². The van der Waals surface area contributed by atoms with Crippen LogP contribution >= 0.6 is 0 Å². The Balaban J connectivity index is 1.74. The molecule has 0 atom stereocenters. The second-order valence-corrected chi connectivity index (χ2v) is 6.58. The van der Waals surface area contributed by atoms with Crippen LogP contribution < -0.4 is 15.4 Å². The predicted molar refractivity (Wildman–Crippen MR) is 107 cm³/mol. The zero-order chi connectivity index (χ0) is 21.0. The summed E-state index contributed by atoms with van der Waals surface area (Å²) >= 11 is 0. The largest absolute Gasteiger partial charge is 0.491 e. The van der Waals surface area contributed by atoms with Gasteiger partial charge in [0.1, 0.15) is 23.1 Å². The van der Waals surface area contributed by atoms with Crippen LogP contribution in [0.2, 0.25) is 0 Å². The van der Waals surface area contributed by atoms with Crippen LogP contribution in [0.5, 0.6) is 5.75 Å². The number of ether oxygens (including phenoxy) is 1. The zero-order valence-electron chi connectivity index (χ0n) is 16.2. The summed E-state index contributed by atoms with van der Waals surface area (Å²) in [5.41, 5.74) is 1.01. The number of anilines is 3. The Labute approximate surface area is 167 Å². The van der Waals surface area contributed by atoms with E-state index in [9.17, 15) is 13.6 Å². The van der Waals surface area contributed by atoms with E-state index in [1.54, 1.807) is 31.2 Å². The summed E-state index contributed by atoms with van der Waals surface area (Å²) in [4.78, 5) is 20.9. The first-order valence-corrected chi connectivity index (χ1v) is 8.96. The fourth-order valence-electron chi connectivity index (χ4n) is 2.55. The Kier molecular flexibility index (Phi) is 6.01. The molecular weight excluding hydrogens is 378 g/mol. The number of halogens is 2. The number of aromatic nitrogens is 2. The highest BCUT2D eigenvalue weighted by Gasteiger charge is 2.12. The number of carbonyl (C=O) groups excluding carboxylic acids is 1. The molecule has 0 aliphatic carbocycles. The number of rotatable bonds is 6. The maximum Gasteiger partial charge on any atom is 0.274 e. The average molecular weight is 398 g/mol. The number of benzene rings is 2. The molecule has 1 amide bonds. The van der Waals surface area contributed by atoms with Crippen LogP contribution in [0.1, 0.15) is 30.2 Å². The standard InChI is InChI=1S/C21H20F2N4O2/c1-12(2)29-16-7-4-14(5-8-16)27-21(28)19-11-20(25-13(3)24-19)26-15-6-9-17(22)18(23)10-15/h4-12H,1-3H3,(H,27,28)(H,24,25,26). The number of nitrogens with one attached hydrogen (secondary N) is 2. The van der Waals surface area contributed by atoms with Gasteiger partial charge in [0.2, 0.25) is 0 Å². The average Bonchev–Trinajstić information content (AvgIpc) is 2.65. The number of hydrogen-bond donors (Lipinski definition) is 2. The smallest absolute Gasteiger partial charge is 0.274 e. The molecule has 0 saturated heterocycles. The van der Waals surface area contributed by atoms with Crippen LogP contribution in [0.15, 0.2) is 48.5 Å². The minimum Gasteiger partial charge on any atom is -0.491 e. The van der Waals surface area contributed by atoms with Gasteiger partial charge in [-0.3, -0.25) is 4.79 Å². The monoisotopic (exact) mass is 398 g/mol. The minimum atomic E-state index is -0.983. The first-order valence-electron chi connectivity index (χ1n) is 8.96. The van der Waals surface area contributed by atoms with Gasteiger partial charge in [0.05, 0.1) is 6.10 Å². The minimum absolute atomic E-state index is 0.0555. The quantitative estimate of drug-likeness (QED) is 0.621. The van der Waals surface area contributed by atoms with Gasteiger partial charge in [0.15, 0.2) is 11.6 Å². The van der Waals surface area contributed by atoms with E-state index in [1.165, 1.54) is 12.1 Å². The van der Waals surface area contributed by atoms with Gasteiger partial charge in [0.25, 0.3) is 5.91 Å². The highest BCUT2D eigenvalue weighted by atomic mass is 19.2. The van der Waals surface area contributed by atoms with Gasteiger partial charge in [-0.15, -0.1) is 0 Å². The summed E-state index contributed by atoms with van der Waals surface area (Å²) in [5.74, 6) is -1.02. The maximum absolute atomic E-state index is 13.4. The Morgan fingerprint density at radius 3 is 2.31 bits per heavy atom. The highest BCUT2D eigenvalue weighted by molar-refractivity contribution is 6.03. The van der Waals surface area contributed by atoms with Crippen molar-refractivity contribution < 1.29 is 18.3 Å². The van der Waals surface area contributed by atoms with Crippen molar-refractivity contribution in [3.8, 4) is 5.75 Å². The molecule has 6 nitrogen and oxygen atoms in total. The molecule has 3 aromatic rings. The van der Waals surface area contributed by atoms with Crippen LogP contribution in [-0.4, -0.2) is 22.0 Å². The van der Waals surface area contributed by atoms with Gasteiger partial charge in [-0.25, -0.2) is 18.7 Å². The molecule has 2 aromatic carbocycles. The lowest BCUT2D eigenvalue weighted by Gasteiger charge is -2.11. The molecule has 1 aromatic heterocycles. The Morgan fingerprint density at radius 1 is 0.966 bits per heavy atom. The lowest BCUT2D eigenvalue weighted by atomic mass is 10.2. The van der Waals surface area contributed by atoms with Crippen molar-refractivity contribution in [1.82, 2.24) is 9.97 Å². The maximum atomic E-state index is 13.4. The van der Waals surface area contributed by atoms with E-state index in [2.05, 4.69) is 20.6 Å². The summed E-state index contributed by atoms with van der Waals surface area (Å²) in [5, 5.41) is 5.59. The molecule has 0 bridgehead atoms. The molecule has 0 aliphatic heterocycles. The van der Waals surface area contributed by atoms with Crippen LogP contribution in [0.4, 0.5) is 26.0 Å². The van der Waals surface area contributed by atoms with Crippen LogP contribution in [-0.2, 0) is 0 Å². The van der Waals surface area contributed by atoms with Gasteiger partial charge in [-0.05, 0) is 57.2 Å². The number of hydrogen-bond acceptors (Lipinski definition) is 5. The molecular formula is C21H20F2N4O2. The second kappa shape index (κ2) is 8.64. The molecule has 0 saturated carbocycles. The molecule has 150 valence electrons. The summed E-state index contributed by atoms with van der Waals surface area (Å²) in [7, 11) is 0. The molecule has 29 heavy (non-hydrogen) atoms. The summed E-state index contributed by atoms with van der Waals surface area (Å²) in [6, 6.07) is 11.8. The molecule has 0 aliphatic rings. The van der Waals surface area contributed by atoms with E-state index in [0.29, 0.717) is 22.9 Å². The molecule has 0 unspecified atom stereocenters. The van der Waals surface area contributed by atoms with Crippen molar-refractivity contribution in [2.24, 2.45) is 0 Å².